The predicted octanol–water partition coefficient (Wildman–Crippen LogP) is 2.11. The van der Waals surface area contributed by atoms with E-state index in [0.717, 1.165) is 19.3 Å². The Morgan fingerprint density at radius 2 is 2.00 bits per heavy atom. The number of halogens is 1. The lowest BCUT2D eigenvalue weighted by atomic mass is 10.2. The molecule has 3 nitrogen and oxygen atoms in total. The van der Waals surface area contributed by atoms with Crippen LogP contribution in [-0.2, 0) is 10.0 Å². The van der Waals surface area contributed by atoms with Gasteiger partial charge in [0.2, 0.25) is 10.0 Å². The Balaban J connectivity index is 3.83. The maximum atomic E-state index is 11.4. The summed E-state index contributed by atoms with van der Waals surface area (Å²) < 4.78 is 25.4. The van der Waals surface area contributed by atoms with E-state index in [1.54, 1.807) is 0 Å². The monoisotopic (exact) mass is 241 g/mol. The van der Waals surface area contributed by atoms with Gasteiger partial charge in [-0.05, 0) is 19.8 Å². The van der Waals surface area contributed by atoms with Crippen molar-refractivity contribution < 1.29 is 8.42 Å². The van der Waals surface area contributed by atoms with Crippen molar-refractivity contribution in [1.29, 1.82) is 0 Å². The van der Waals surface area contributed by atoms with Crippen molar-refractivity contribution in [2.45, 2.75) is 45.6 Å². The summed E-state index contributed by atoms with van der Waals surface area (Å²) in [6.07, 6.45) is 3.56. The number of hydrogen-bond donors (Lipinski definition) is 1. The molecule has 86 valence electrons. The molecule has 0 amide bonds. The van der Waals surface area contributed by atoms with E-state index >= 15 is 0 Å². The average molecular weight is 242 g/mol. The van der Waals surface area contributed by atoms with Crippen LogP contribution in [0.3, 0.4) is 0 Å². The van der Waals surface area contributed by atoms with E-state index in [1.165, 1.54) is 0 Å². The van der Waals surface area contributed by atoms with Crippen molar-refractivity contribution >= 4 is 21.6 Å². The first-order chi connectivity index (χ1) is 6.52. The summed E-state index contributed by atoms with van der Waals surface area (Å²) in [6.45, 7) is 3.99. The fraction of sp³-hybridized carbons (Fsp3) is 1.00. The van der Waals surface area contributed by atoms with E-state index in [-0.39, 0.29) is 11.8 Å². The number of hydrogen-bond acceptors (Lipinski definition) is 2. The van der Waals surface area contributed by atoms with Crippen LogP contribution in [0.2, 0.25) is 0 Å². The zero-order valence-corrected chi connectivity index (χ0v) is 10.5. The molecule has 1 atom stereocenters. The van der Waals surface area contributed by atoms with E-state index in [2.05, 4.69) is 11.6 Å². The normalized spacial score (nSPS) is 14.2. The Morgan fingerprint density at radius 1 is 1.36 bits per heavy atom. The van der Waals surface area contributed by atoms with E-state index in [1.807, 2.05) is 6.92 Å². The predicted molar refractivity (Wildman–Crippen MR) is 61.2 cm³/mol. The van der Waals surface area contributed by atoms with Crippen molar-refractivity contribution in [3.05, 3.63) is 0 Å². The third-order valence-corrected chi connectivity index (χ3v) is 3.77. The van der Waals surface area contributed by atoms with Crippen LogP contribution < -0.4 is 4.72 Å². The second-order valence-electron chi connectivity index (χ2n) is 3.52. The van der Waals surface area contributed by atoms with Gasteiger partial charge >= 0.3 is 0 Å². The maximum absolute atomic E-state index is 11.4. The van der Waals surface area contributed by atoms with Gasteiger partial charge in [-0.25, -0.2) is 13.1 Å². The third-order valence-electron chi connectivity index (χ3n) is 1.92. The summed E-state index contributed by atoms with van der Waals surface area (Å²) in [7, 11) is -3.11. The Kier molecular flexibility index (Phi) is 7.59. The highest BCUT2D eigenvalue weighted by Gasteiger charge is 2.12. The van der Waals surface area contributed by atoms with Gasteiger partial charge in [-0.1, -0.05) is 19.8 Å². The highest BCUT2D eigenvalue weighted by atomic mass is 35.5. The minimum Gasteiger partial charge on any atom is -0.212 e. The van der Waals surface area contributed by atoms with Crippen molar-refractivity contribution in [2.24, 2.45) is 0 Å². The molecule has 0 aliphatic heterocycles. The number of sulfonamides is 1. The lowest BCUT2D eigenvalue weighted by Gasteiger charge is -2.13. The van der Waals surface area contributed by atoms with Crippen LogP contribution in [0.25, 0.3) is 0 Å². The molecular formula is C9H20ClNO2S. The molecule has 0 aliphatic carbocycles. The molecule has 0 radical (unpaired) electrons. The quantitative estimate of drug-likeness (QED) is 0.662. The van der Waals surface area contributed by atoms with Gasteiger partial charge in [0.1, 0.15) is 0 Å². The van der Waals surface area contributed by atoms with Crippen LogP contribution in [0.1, 0.15) is 39.5 Å². The third kappa shape index (κ3) is 7.59. The number of nitrogens with one attached hydrogen (secondary N) is 1. The lowest BCUT2D eigenvalue weighted by Crippen LogP contribution is -2.34. The summed E-state index contributed by atoms with van der Waals surface area (Å²) in [5.74, 6) is 0.525. The molecule has 0 aromatic heterocycles. The largest absolute Gasteiger partial charge is 0.212 e. The fourth-order valence-electron chi connectivity index (χ4n) is 1.18. The molecule has 0 aromatic rings. The van der Waals surface area contributed by atoms with Crippen LogP contribution in [-0.4, -0.2) is 26.1 Å². The molecule has 0 fully saturated rings. The SMILES string of the molecule is CCCCC(C)NS(=O)(=O)CCCCl. The molecule has 0 saturated carbocycles. The molecule has 5 heteroatoms. The number of alkyl halides is 1. The molecule has 1 N–H and O–H groups in total. The van der Waals surface area contributed by atoms with Gasteiger partial charge in [0.15, 0.2) is 0 Å². The standard InChI is InChI=1S/C9H20ClNO2S/c1-3-4-6-9(2)11-14(12,13)8-5-7-10/h9,11H,3-8H2,1-2H3. The topological polar surface area (TPSA) is 46.2 Å². The average Bonchev–Trinajstić information content (AvgIpc) is 2.11. The molecule has 0 saturated heterocycles. The van der Waals surface area contributed by atoms with Gasteiger partial charge < -0.3 is 0 Å². The zero-order chi connectivity index (χ0) is 11.0. The van der Waals surface area contributed by atoms with Crippen LogP contribution >= 0.6 is 11.6 Å². The Hall–Kier alpha value is 0.200. The zero-order valence-electron chi connectivity index (χ0n) is 8.92. The van der Waals surface area contributed by atoms with Crippen LogP contribution in [0.4, 0.5) is 0 Å². The van der Waals surface area contributed by atoms with Crippen LogP contribution in [0.5, 0.6) is 0 Å². The molecule has 0 spiro atoms. The van der Waals surface area contributed by atoms with Gasteiger partial charge in [0.25, 0.3) is 0 Å². The van der Waals surface area contributed by atoms with Crippen molar-refractivity contribution in [3.63, 3.8) is 0 Å². The van der Waals surface area contributed by atoms with Crippen LogP contribution in [0, 0.1) is 0 Å². The highest BCUT2D eigenvalue weighted by molar-refractivity contribution is 7.89. The van der Waals surface area contributed by atoms with Crippen molar-refractivity contribution in [3.8, 4) is 0 Å². The molecule has 0 bridgehead atoms. The second kappa shape index (κ2) is 7.49. The first kappa shape index (κ1) is 14.2. The maximum Gasteiger partial charge on any atom is 0.211 e. The van der Waals surface area contributed by atoms with Gasteiger partial charge in [0, 0.05) is 11.9 Å². The highest BCUT2D eigenvalue weighted by Crippen LogP contribution is 2.02. The molecular weight excluding hydrogens is 222 g/mol. The fourth-order valence-corrected chi connectivity index (χ4v) is 2.84. The lowest BCUT2D eigenvalue weighted by molar-refractivity contribution is 0.533. The first-order valence-electron chi connectivity index (χ1n) is 5.07. The van der Waals surface area contributed by atoms with E-state index in [4.69, 9.17) is 11.6 Å². The Morgan fingerprint density at radius 3 is 2.50 bits per heavy atom. The number of unbranched alkanes of at least 4 members (excludes halogenated alkanes) is 1. The van der Waals surface area contributed by atoms with Gasteiger partial charge in [0.05, 0.1) is 5.75 Å². The van der Waals surface area contributed by atoms with E-state index in [9.17, 15) is 8.42 Å². The summed E-state index contributed by atoms with van der Waals surface area (Å²) in [6, 6.07) is 0.0373. The minimum absolute atomic E-state index is 0.0373. The summed E-state index contributed by atoms with van der Waals surface area (Å²) >= 11 is 5.44. The molecule has 1 unspecified atom stereocenters. The molecule has 0 aromatic carbocycles. The smallest absolute Gasteiger partial charge is 0.211 e. The first-order valence-corrected chi connectivity index (χ1v) is 7.26. The van der Waals surface area contributed by atoms with E-state index in [0.29, 0.717) is 12.3 Å². The number of rotatable bonds is 8. The molecule has 0 rings (SSSR count). The van der Waals surface area contributed by atoms with Gasteiger partial charge in [-0.2, -0.15) is 0 Å². The molecule has 0 aliphatic rings. The van der Waals surface area contributed by atoms with E-state index < -0.39 is 10.0 Å². The molecule has 14 heavy (non-hydrogen) atoms. The van der Waals surface area contributed by atoms with Crippen LogP contribution in [0.15, 0.2) is 0 Å². The minimum atomic E-state index is -3.11. The summed E-state index contributed by atoms with van der Waals surface area (Å²) in [5, 5.41) is 0. The summed E-state index contributed by atoms with van der Waals surface area (Å²) in [4.78, 5) is 0. The van der Waals surface area contributed by atoms with Gasteiger partial charge in [-0.15, -0.1) is 11.6 Å². The molecule has 0 heterocycles. The van der Waals surface area contributed by atoms with Crippen molar-refractivity contribution in [1.82, 2.24) is 4.72 Å². The Bertz CT molecular complexity index is 229. The Labute approximate surface area is 92.3 Å². The van der Waals surface area contributed by atoms with Crippen molar-refractivity contribution in [2.75, 3.05) is 11.6 Å². The second-order valence-corrected chi connectivity index (χ2v) is 5.77. The van der Waals surface area contributed by atoms with Gasteiger partial charge in [-0.3, -0.25) is 0 Å². The summed E-state index contributed by atoms with van der Waals surface area (Å²) in [5.41, 5.74) is 0.